The largest absolute Gasteiger partial charge is 0.328 e. The smallest absolute Gasteiger partial charge is 0.266 e. The minimum Gasteiger partial charge on any atom is -0.328 e. The van der Waals surface area contributed by atoms with Gasteiger partial charge in [-0.1, -0.05) is 57.0 Å². The number of hydrogen-bond acceptors (Lipinski definition) is 4. The molecule has 0 radical (unpaired) electrons. The fourth-order valence-corrected chi connectivity index (χ4v) is 5.08. The molecule has 2 heterocycles. The first-order chi connectivity index (χ1) is 16.5. The van der Waals surface area contributed by atoms with E-state index in [0.717, 1.165) is 30.5 Å². The summed E-state index contributed by atoms with van der Waals surface area (Å²) in [5.74, 6) is 0.606. The molecule has 0 saturated carbocycles. The van der Waals surface area contributed by atoms with E-state index in [1.807, 2.05) is 77.9 Å². The molecule has 176 valence electrons. The number of hydrogen-bond donors (Lipinski definition) is 0. The Morgan fingerprint density at radius 3 is 2.59 bits per heavy atom. The van der Waals surface area contributed by atoms with Crippen LogP contribution in [-0.4, -0.2) is 26.9 Å². The van der Waals surface area contributed by atoms with Crippen LogP contribution in [-0.2, 0) is 0 Å². The maximum Gasteiger partial charge on any atom is 0.266 e. The number of carbonyl (C=O) groups is 1. The predicted octanol–water partition coefficient (Wildman–Crippen LogP) is 6.54. The van der Waals surface area contributed by atoms with Crippen LogP contribution in [0, 0.1) is 6.92 Å². The van der Waals surface area contributed by atoms with Gasteiger partial charge in [0.1, 0.15) is 5.82 Å². The van der Waals surface area contributed by atoms with Crippen molar-refractivity contribution in [2.24, 2.45) is 0 Å². The van der Waals surface area contributed by atoms with Crippen molar-refractivity contribution >= 4 is 28.1 Å². The summed E-state index contributed by atoms with van der Waals surface area (Å²) in [5.41, 5.74) is 2.38. The standard InChI is InChI=1S/C28H31N3O2S/c1-4-6-9-17-30(28(33)25-16-11-18-34-25)24(5-2)26-29-23-15-8-7-14-22(23)27(32)31(26)21-13-10-12-20(3)19-21/h7-8,10-16,18-19,24H,4-6,9,17H2,1-3H3. The minimum atomic E-state index is -0.329. The van der Waals surface area contributed by atoms with Gasteiger partial charge in [0, 0.05) is 6.54 Å². The highest BCUT2D eigenvalue weighted by Crippen LogP contribution is 2.29. The van der Waals surface area contributed by atoms with Gasteiger partial charge in [-0.2, -0.15) is 0 Å². The van der Waals surface area contributed by atoms with Gasteiger partial charge in [0.05, 0.1) is 27.5 Å². The van der Waals surface area contributed by atoms with Crippen molar-refractivity contribution in [1.82, 2.24) is 14.5 Å². The normalized spacial score (nSPS) is 12.1. The van der Waals surface area contributed by atoms with E-state index in [4.69, 9.17) is 4.98 Å². The molecule has 1 unspecified atom stereocenters. The molecule has 2 aromatic carbocycles. The predicted molar refractivity (Wildman–Crippen MR) is 140 cm³/mol. The first-order valence-electron chi connectivity index (χ1n) is 12.0. The number of nitrogens with zero attached hydrogens (tertiary/aromatic N) is 3. The van der Waals surface area contributed by atoms with Gasteiger partial charge in [-0.25, -0.2) is 4.98 Å². The van der Waals surface area contributed by atoms with Gasteiger partial charge < -0.3 is 4.90 Å². The zero-order chi connectivity index (χ0) is 24.1. The lowest BCUT2D eigenvalue weighted by Crippen LogP contribution is -2.39. The van der Waals surface area contributed by atoms with Crippen molar-refractivity contribution in [3.63, 3.8) is 0 Å². The Morgan fingerprint density at radius 2 is 1.88 bits per heavy atom. The molecule has 1 atom stereocenters. The number of thiophene rings is 1. The lowest BCUT2D eigenvalue weighted by atomic mass is 10.1. The molecule has 0 aliphatic heterocycles. The van der Waals surface area contributed by atoms with Crippen LogP contribution in [0.4, 0.5) is 0 Å². The van der Waals surface area contributed by atoms with Crippen LogP contribution >= 0.6 is 11.3 Å². The van der Waals surface area contributed by atoms with Gasteiger partial charge in [-0.3, -0.25) is 14.2 Å². The third-order valence-corrected chi connectivity index (χ3v) is 6.98. The fraction of sp³-hybridized carbons (Fsp3) is 0.321. The number of rotatable bonds is 9. The zero-order valence-corrected chi connectivity index (χ0v) is 20.8. The first-order valence-corrected chi connectivity index (χ1v) is 12.9. The van der Waals surface area contributed by atoms with Crippen molar-refractivity contribution < 1.29 is 4.79 Å². The summed E-state index contributed by atoms with van der Waals surface area (Å²) in [6.45, 7) is 6.85. The summed E-state index contributed by atoms with van der Waals surface area (Å²) >= 11 is 1.45. The summed E-state index contributed by atoms with van der Waals surface area (Å²) < 4.78 is 1.71. The van der Waals surface area contributed by atoms with E-state index in [-0.39, 0.29) is 17.5 Å². The molecule has 6 heteroatoms. The monoisotopic (exact) mass is 473 g/mol. The van der Waals surface area contributed by atoms with Crippen molar-refractivity contribution in [2.75, 3.05) is 6.54 Å². The number of benzene rings is 2. The molecular formula is C28H31N3O2S. The van der Waals surface area contributed by atoms with E-state index in [0.29, 0.717) is 34.6 Å². The Bertz CT molecular complexity index is 1330. The van der Waals surface area contributed by atoms with Crippen LogP contribution in [0.5, 0.6) is 0 Å². The molecule has 4 aromatic rings. The number of fused-ring (bicyclic) bond motifs is 1. The molecule has 0 aliphatic carbocycles. The molecule has 0 spiro atoms. The van der Waals surface area contributed by atoms with Gasteiger partial charge in [0.25, 0.3) is 11.5 Å². The van der Waals surface area contributed by atoms with Gasteiger partial charge in [-0.15, -0.1) is 11.3 Å². The molecule has 0 N–H and O–H groups in total. The van der Waals surface area contributed by atoms with E-state index < -0.39 is 0 Å². The first kappa shape index (κ1) is 23.9. The van der Waals surface area contributed by atoms with E-state index in [1.54, 1.807) is 4.57 Å². The highest BCUT2D eigenvalue weighted by molar-refractivity contribution is 7.12. The molecular weight excluding hydrogens is 442 g/mol. The Balaban J connectivity index is 1.93. The topological polar surface area (TPSA) is 55.2 Å². The summed E-state index contributed by atoms with van der Waals surface area (Å²) in [7, 11) is 0. The molecule has 5 nitrogen and oxygen atoms in total. The van der Waals surface area contributed by atoms with Crippen LogP contribution in [0.3, 0.4) is 0 Å². The van der Waals surface area contributed by atoms with E-state index in [2.05, 4.69) is 13.8 Å². The SMILES string of the molecule is CCCCCN(C(=O)c1cccs1)C(CC)c1nc2ccccc2c(=O)n1-c1cccc(C)c1. The highest BCUT2D eigenvalue weighted by atomic mass is 32.1. The van der Waals surface area contributed by atoms with E-state index in [9.17, 15) is 9.59 Å². The molecule has 2 aromatic heterocycles. The molecule has 0 bridgehead atoms. The number of aromatic nitrogens is 2. The van der Waals surface area contributed by atoms with Gasteiger partial charge in [0.15, 0.2) is 0 Å². The number of unbranched alkanes of at least 4 members (excludes halogenated alkanes) is 2. The summed E-state index contributed by atoms with van der Waals surface area (Å²) in [4.78, 5) is 35.1. The van der Waals surface area contributed by atoms with Crippen molar-refractivity contribution in [3.05, 3.63) is 92.7 Å². The van der Waals surface area contributed by atoms with Crippen LogP contribution in [0.1, 0.15) is 66.6 Å². The summed E-state index contributed by atoms with van der Waals surface area (Å²) in [6, 6.07) is 18.8. The molecule has 0 fully saturated rings. The van der Waals surface area contributed by atoms with Crippen molar-refractivity contribution in [3.8, 4) is 5.69 Å². The molecule has 34 heavy (non-hydrogen) atoms. The average Bonchev–Trinajstić information content (AvgIpc) is 3.38. The zero-order valence-electron chi connectivity index (χ0n) is 20.0. The van der Waals surface area contributed by atoms with Gasteiger partial charge in [-0.05, 0) is 61.0 Å². The molecule has 0 saturated heterocycles. The maximum atomic E-state index is 13.8. The minimum absolute atomic E-state index is 0.00356. The maximum absolute atomic E-state index is 13.8. The Hall–Kier alpha value is -3.25. The quantitative estimate of drug-likeness (QED) is 0.259. The van der Waals surface area contributed by atoms with Gasteiger partial charge in [0.2, 0.25) is 0 Å². The Kier molecular flexibility index (Phi) is 7.58. The van der Waals surface area contributed by atoms with Crippen LogP contribution in [0.2, 0.25) is 0 Å². The molecule has 4 rings (SSSR count). The third-order valence-electron chi connectivity index (χ3n) is 6.12. The fourth-order valence-electron chi connectivity index (χ4n) is 4.41. The Labute approximate surface area is 204 Å². The summed E-state index contributed by atoms with van der Waals surface area (Å²) in [5, 5.41) is 2.50. The molecule has 0 aliphatic rings. The van der Waals surface area contributed by atoms with Crippen LogP contribution < -0.4 is 5.56 Å². The van der Waals surface area contributed by atoms with Crippen molar-refractivity contribution in [1.29, 1.82) is 0 Å². The Morgan fingerprint density at radius 1 is 1.06 bits per heavy atom. The third kappa shape index (κ3) is 4.82. The second-order valence-corrected chi connectivity index (χ2v) is 9.52. The average molecular weight is 474 g/mol. The van der Waals surface area contributed by atoms with E-state index in [1.165, 1.54) is 11.3 Å². The van der Waals surface area contributed by atoms with E-state index >= 15 is 0 Å². The van der Waals surface area contributed by atoms with Crippen LogP contribution in [0.25, 0.3) is 16.6 Å². The highest BCUT2D eigenvalue weighted by Gasteiger charge is 2.30. The lowest BCUT2D eigenvalue weighted by molar-refractivity contribution is 0.0660. The second-order valence-electron chi connectivity index (χ2n) is 8.57. The number of amides is 1. The molecule has 1 amide bonds. The van der Waals surface area contributed by atoms with Crippen LogP contribution in [0.15, 0.2) is 70.8 Å². The van der Waals surface area contributed by atoms with Gasteiger partial charge >= 0.3 is 0 Å². The summed E-state index contributed by atoms with van der Waals surface area (Å²) in [6.07, 6.45) is 3.67. The second kappa shape index (κ2) is 10.8. The lowest BCUT2D eigenvalue weighted by Gasteiger charge is -2.32. The number of para-hydroxylation sites is 1. The van der Waals surface area contributed by atoms with Crippen molar-refractivity contribution in [2.45, 2.75) is 52.5 Å². The number of carbonyl (C=O) groups excluding carboxylic acids is 1. The number of aryl methyl sites for hydroxylation is 1.